The summed E-state index contributed by atoms with van der Waals surface area (Å²) in [4.78, 5) is 38.1. The van der Waals surface area contributed by atoms with E-state index in [1.165, 1.54) is 11.8 Å². The fourth-order valence-corrected chi connectivity index (χ4v) is 6.74. The molecule has 0 radical (unpaired) electrons. The molecular formula is C37H39N7O4. The van der Waals surface area contributed by atoms with Crippen molar-refractivity contribution in [3.63, 3.8) is 0 Å². The van der Waals surface area contributed by atoms with Gasteiger partial charge in [-0.05, 0) is 54.7 Å². The first-order chi connectivity index (χ1) is 23.4. The van der Waals surface area contributed by atoms with E-state index in [9.17, 15) is 14.7 Å². The lowest BCUT2D eigenvalue weighted by atomic mass is 10.0. The minimum Gasteiger partial charge on any atom is -0.489 e. The molecule has 4 aromatic rings. The highest BCUT2D eigenvalue weighted by molar-refractivity contribution is 6.07. The summed E-state index contributed by atoms with van der Waals surface area (Å²) in [5, 5.41) is 24.3. The third-order valence-corrected chi connectivity index (χ3v) is 9.48. The van der Waals surface area contributed by atoms with Gasteiger partial charge in [-0.25, -0.2) is 4.98 Å². The number of amides is 2. The largest absolute Gasteiger partial charge is 0.489 e. The Hall–Kier alpha value is -5.13. The van der Waals surface area contributed by atoms with Crippen molar-refractivity contribution in [2.24, 2.45) is 0 Å². The summed E-state index contributed by atoms with van der Waals surface area (Å²) in [5.74, 6) is 0.307. The Bertz CT molecular complexity index is 1850. The molecule has 0 aliphatic carbocycles. The zero-order valence-electron chi connectivity index (χ0n) is 26.6. The second-order valence-electron chi connectivity index (χ2n) is 12.6. The van der Waals surface area contributed by atoms with E-state index in [0.29, 0.717) is 48.2 Å². The number of carbonyl (C=O) groups excluding carboxylic acids is 2. The first-order valence-electron chi connectivity index (χ1n) is 16.5. The van der Waals surface area contributed by atoms with Crippen LogP contribution in [-0.4, -0.2) is 74.3 Å². The number of allylic oxidation sites excluding steroid dienone is 1. The zero-order valence-corrected chi connectivity index (χ0v) is 26.6. The number of nitrogens with zero attached hydrogens (tertiary/aromatic N) is 4. The van der Waals surface area contributed by atoms with Gasteiger partial charge >= 0.3 is 0 Å². The van der Waals surface area contributed by atoms with Gasteiger partial charge in [-0.1, -0.05) is 42.5 Å². The number of carbonyl (C=O) groups is 2. The number of para-hydroxylation sites is 2. The molecule has 0 spiro atoms. The fraction of sp³-hybridized carbons (Fsp3) is 0.324. The van der Waals surface area contributed by atoms with Gasteiger partial charge in [-0.2, -0.15) is 0 Å². The van der Waals surface area contributed by atoms with Crippen molar-refractivity contribution in [2.75, 3.05) is 13.1 Å². The van der Waals surface area contributed by atoms with E-state index in [1.54, 1.807) is 17.2 Å². The second kappa shape index (κ2) is 13.9. The highest BCUT2D eigenvalue weighted by Gasteiger charge is 2.40. The van der Waals surface area contributed by atoms with Crippen molar-refractivity contribution in [3.05, 3.63) is 107 Å². The summed E-state index contributed by atoms with van der Waals surface area (Å²) in [6.07, 6.45) is 6.59. The Morgan fingerprint density at radius 3 is 2.54 bits per heavy atom. The van der Waals surface area contributed by atoms with Crippen molar-refractivity contribution in [1.29, 1.82) is 5.41 Å². The molecule has 3 aromatic carbocycles. The minimum atomic E-state index is -1.07. The van der Waals surface area contributed by atoms with Gasteiger partial charge in [0.05, 0.1) is 35.5 Å². The van der Waals surface area contributed by atoms with E-state index in [2.05, 4.69) is 49.8 Å². The molecular weight excluding hydrogens is 606 g/mol. The van der Waals surface area contributed by atoms with E-state index in [-0.39, 0.29) is 18.2 Å². The lowest BCUT2D eigenvalue weighted by Gasteiger charge is -2.35. The molecule has 246 valence electrons. The summed E-state index contributed by atoms with van der Waals surface area (Å²) >= 11 is 0. The van der Waals surface area contributed by atoms with Gasteiger partial charge in [0.2, 0.25) is 5.91 Å². The summed E-state index contributed by atoms with van der Waals surface area (Å²) in [7, 11) is 0. The highest BCUT2D eigenvalue weighted by atomic mass is 16.5. The number of fused-ring (bicyclic) bond motifs is 2. The average molecular weight is 646 g/mol. The monoisotopic (exact) mass is 645 g/mol. The fourth-order valence-electron chi connectivity index (χ4n) is 6.74. The molecule has 4 heterocycles. The first kappa shape index (κ1) is 31.5. The lowest BCUT2D eigenvalue weighted by Crippen LogP contribution is -2.55. The maximum atomic E-state index is 13.2. The Balaban J connectivity index is 0.890. The van der Waals surface area contributed by atoms with Gasteiger partial charge < -0.3 is 30.8 Å². The maximum Gasteiger partial charge on any atom is 0.255 e. The summed E-state index contributed by atoms with van der Waals surface area (Å²) < 4.78 is 6.20. The predicted molar refractivity (Wildman–Crippen MR) is 182 cm³/mol. The van der Waals surface area contributed by atoms with Crippen LogP contribution in [0.25, 0.3) is 16.6 Å². The third kappa shape index (κ3) is 6.78. The topological polar surface area (TPSA) is 144 Å². The van der Waals surface area contributed by atoms with Gasteiger partial charge in [-0.15, -0.1) is 0 Å². The molecule has 2 fully saturated rings. The van der Waals surface area contributed by atoms with Gasteiger partial charge in [-0.3, -0.25) is 19.5 Å². The van der Waals surface area contributed by atoms with Gasteiger partial charge in [0, 0.05) is 61.2 Å². The molecule has 48 heavy (non-hydrogen) atoms. The summed E-state index contributed by atoms with van der Waals surface area (Å²) in [6, 6.07) is 21.6. The first-order valence-corrected chi connectivity index (χ1v) is 16.5. The summed E-state index contributed by atoms with van der Waals surface area (Å²) in [6.45, 7) is 3.54. The number of benzene rings is 3. The number of aliphatic hydroxyl groups is 1. The molecule has 7 rings (SSSR count). The van der Waals surface area contributed by atoms with Crippen LogP contribution in [-0.2, 0) is 24.5 Å². The van der Waals surface area contributed by atoms with Gasteiger partial charge in [0.25, 0.3) is 5.91 Å². The Labute approximate surface area is 279 Å². The molecule has 0 saturated carbocycles. The molecule has 1 aromatic heterocycles. The number of aliphatic hydroxyl groups excluding tert-OH is 1. The Kier molecular flexibility index (Phi) is 9.13. The molecule has 2 amide bonds. The number of ether oxygens (including phenoxy) is 1. The Morgan fingerprint density at radius 2 is 1.77 bits per heavy atom. The Morgan fingerprint density at radius 1 is 1.00 bits per heavy atom. The predicted octanol–water partition coefficient (Wildman–Crippen LogP) is 4.01. The number of rotatable bonds is 10. The standard InChI is InChI=1S/C37H39N7O4/c38-18-26(32-20-40-30-5-1-2-6-31(30)41-32)19-39-27-14-16-43(17-15-27)21-24-8-10-25(11-9-24)23-48-34-7-3-4-28-29(34)22-44(37(28)47)33-12-13-35(45)42-36(33)46/h1-11,18-20,27,33,36,38-39,46H,12-17,21-23H2,(H,42,45)/b26-19+,38-18?. The van der Waals surface area contributed by atoms with Crippen molar-refractivity contribution >= 4 is 34.6 Å². The van der Waals surface area contributed by atoms with E-state index < -0.39 is 12.3 Å². The smallest absolute Gasteiger partial charge is 0.255 e. The molecule has 11 heteroatoms. The van der Waals surface area contributed by atoms with E-state index >= 15 is 0 Å². The normalized spacial score (nSPS) is 20.4. The quantitative estimate of drug-likeness (QED) is 0.190. The molecule has 11 nitrogen and oxygen atoms in total. The van der Waals surface area contributed by atoms with Crippen LogP contribution in [0.15, 0.2) is 79.1 Å². The van der Waals surface area contributed by atoms with Crippen molar-refractivity contribution in [2.45, 2.75) is 63.7 Å². The number of nitrogens with one attached hydrogen (secondary N) is 3. The van der Waals surface area contributed by atoms with E-state index in [0.717, 1.165) is 54.6 Å². The van der Waals surface area contributed by atoms with Crippen LogP contribution in [0.3, 0.4) is 0 Å². The number of aromatic nitrogens is 2. The molecule has 0 bridgehead atoms. The van der Waals surface area contributed by atoms with Crippen LogP contribution in [0, 0.1) is 5.41 Å². The molecule has 2 unspecified atom stereocenters. The molecule has 3 aliphatic rings. The molecule has 4 N–H and O–H groups in total. The SMILES string of the molecule is N=C/C(=C\NC1CCN(Cc2ccc(COc3cccc4c3CN(C3CCC(=O)NC3O)C4=O)cc2)CC1)c1cnc2ccccc2n1. The van der Waals surface area contributed by atoms with Crippen molar-refractivity contribution < 1.29 is 19.4 Å². The number of piperidine rings is 2. The molecule has 2 saturated heterocycles. The number of hydrogen-bond acceptors (Lipinski definition) is 9. The van der Waals surface area contributed by atoms with Crippen molar-refractivity contribution in [3.8, 4) is 5.75 Å². The third-order valence-electron chi connectivity index (χ3n) is 9.48. The van der Waals surface area contributed by atoms with Crippen LogP contribution < -0.4 is 15.4 Å². The van der Waals surface area contributed by atoms with E-state index in [1.807, 2.05) is 42.6 Å². The highest BCUT2D eigenvalue weighted by Crippen LogP contribution is 2.34. The van der Waals surface area contributed by atoms with Crippen molar-refractivity contribution in [1.82, 2.24) is 30.4 Å². The van der Waals surface area contributed by atoms with Crippen LogP contribution >= 0.6 is 0 Å². The maximum absolute atomic E-state index is 13.2. The van der Waals surface area contributed by atoms with Crippen LogP contribution in [0.2, 0.25) is 0 Å². The average Bonchev–Trinajstić information content (AvgIpc) is 3.45. The minimum absolute atomic E-state index is 0.150. The van der Waals surface area contributed by atoms with E-state index in [4.69, 9.17) is 10.1 Å². The lowest BCUT2D eigenvalue weighted by molar-refractivity contribution is -0.129. The van der Waals surface area contributed by atoms with Crippen LogP contribution in [0.5, 0.6) is 5.75 Å². The second-order valence-corrected chi connectivity index (χ2v) is 12.6. The van der Waals surface area contributed by atoms with Crippen LogP contribution in [0.4, 0.5) is 0 Å². The number of hydrogen-bond donors (Lipinski definition) is 4. The number of likely N-dealkylation sites (tertiary alicyclic amines) is 1. The van der Waals surface area contributed by atoms with Gasteiger partial charge in [0.1, 0.15) is 18.6 Å². The van der Waals surface area contributed by atoms with Gasteiger partial charge in [0.15, 0.2) is 0 Å². The molecule has 2 atom stereocenters. The molecule has 3 aliphatic heterocycles. The van der Waals surface area contributed by atoms with Crippen LogP contribution in [0.1, 0.15) is 58.4 Å². The zero-order chi connectivity index (χ0) is 33.0. The summed E-state index contributed by atoms with van der Waals surface area (Å²) in [5.41, 5.74) is 6.72.